The summed E-state index contributed by atoms with van der Waals surface area (Å²) in [7, 11) is 0. The first-order valence-corrected chi connectivity index (χ1v) is 9.23. The average molecular weight is 380 g/mol. The van der Waals surface area contributed by atoms with Gasteiger partial charge in [-0.1, -0.05) is 13.0 Å². The zero-order valence-electron chi connectivity index (χ0n) is 16.3. The zero-order chi connectivity index (χ0) is 20.4. The van der Waals surface area contributed by atoms with Crippen LogP contribution in [0.25, 0.3) is 0 Å². The molecule has 2 aromatic rings. The van der Waals surface area contributed by atoms with Gasteiger partial charge in [-0.05, 0) is 37.6 Å². The van der Waals surface area contributed by atoms with Crippen LogP contribution in [0.4, 0.5) is 0 Å². The highest BCUT2D eigenvalue weighted by molar-refractivity contribution is 6.04. The number of benzene rings is 1. The van der Waals surface area contributed by atoms with Crippen LogP contribution in [0, 0.1) is 19.3 Å². The van der Waals surface area contributed by atoms with Gasteiger partial charge < -0.3 is 15.3 Å². The van der Waals surface area contributed by atoms with E-state index in [-0.39, 0.29) is 36.4 Å². The van der Waals surface area contributed by atoms with Crippen LogP contribution in [0.2, 0.25) is 0 Å². The number of carbonyl (C=O) groups is 2. The fourth-order valence-corrected chi connectivity index (χ4v) is 3.22. The Morgan fingerprint density at radius 3 is 2.75 bits per heavy atom. The number of aryl methyl sites for hydroxylation is 2. The molecule has 0 bridgehead atoms. The van der Waals surface area contributed by atoms with E-state index in [0.717, 1.165) is 11.3 Å². The molecule has 1 amide bonds. The fourth-order valence-electron chi connectivity index (χ4n) is 3.22. The maximum atomic E-state index is 12.8. The van der Waals surface area contributed by atoms with Gasteiger partial charge in [-0.3, -0.25) is 15.0 Å². The number of hydrogen-bond donors (Lipinski definition) is 3. The molecule has 7 heteroatoms. The van der Waals surface area contributed by atoms with Crippen LogP contribution in [-0.2, 0) is 17.9 Å². The number of pyridine rings is 1. The van der Waals surface area contributed by atoms with E-state index in [1.54, 1.807) is 30.9 Å². The molecule has 7 nitrogen and oxygen atoms in total. The van der Waals surface area contributed by atoms with Gasteiger partial charge in [-0.15, -0.1) is 0 Å². The summed E-state index contributed by atoms with van der Waals surface area (Å²) in [5.74, 6) is 0.0484. The van der Waals surface area contributed by atoms with Crippen molar-refractivity contribution in [2.75, 3.05) is 6.54 Å². The Bertz CT molecular complexity index is 968. The number of amides is 1. The third kappa shape index (κ3) is 3.88. The Morgan fingerprint density at radius 1 is 1.29 bits per heavy atom. The number of nitrogens with one attached hydrogen (secondary N) is 2. The topological polar surface area (TPSA) is 106 Å². The molecule has 3 rings (SSSR count). The quantitative estimate of drug-likeness (QED) is 0.668. The van der Waals surface area contributed by atoms with E-state index < -0.39 is 0 Å². The minimum atomic E-state index is -0.152. The molecule has 3 N–H and O–H groups in total. The van der Waals surface area contributed by atoms with Crippen molar-refractivity contribution in [1.82, 2.24) is 15.2 Å². The molecule has 0 saturated heterocycles. The highest BCUT2D eigenvalue weighted by atomic mass is 16.3. The molecule has 0 saturated carbocycles. The number of phenols is 1. The van der Waals surface area contributed by atoms with E-state index in [2.05, 4.69) is 10.3 Å². The third-order valence-corrected chi connectivity index (χ3v) is 4.85. The lowest BCUT2D eigenvalue weighted by molar-refractivity contribution is -0.120. The molecule has 0 unspecified atom stereocenters. The molecule has 1 aromatic heterocycles. The number of phenolic OH excluding ortho intramolecular Hbond substituents is 1. The van der Waals surface area contributed by atoms with Gasteiger partial charge in [0.25, 0.3) is 0 Å². The Hall–Kier alpha value is -3.22. The number of rotatable bonds is 6. The van der Waals surface area contributed by atoms with Crippen LogP contribution in [0.15, 0.2) is 24.3 Å². The Labute approximate surface area is 163 Å². The fraction of sp³-hybridized carbons (Fsp3) is 0.333. The third-order valence-electron chi connectivity index (χ3n) is 4.85. The van der Waals surface area contributed by atoms with Gasteiger partial charge in [0.05, 0.1) is 6.54 Å². The normalized spacial score (nSPS) is 12.8. The van der Waals surface area contributed by atoms with E-state index in [9.17, 15) is 14.7 Å². The number of aromatic hydroxyl groups is 1. The van der Waals surface area contributed by atoms with Gasteiger partial charge >= 0.3 is 0 Å². The number of hydrogen-bond acceptors (Lipinski definition) is 5. The van der Waals surface area contributed by atoms with Gasteiger partial charge in [0.1, 0.15) is 17.3 Å². The first-order valence-electron chi connectivity index (χ1n) is 9.23. The molecule has 146 valence electrons. The van der Waals surface area contributed by atoms with E-state index in [1.807, 2.05) is 19.1 Å². The Morgan fingerprint density at radius 2 is 2.04 bits per heavy atom. The number of ketones is 1. The maximum absolute atomic E-state index is 12.8. The van der Waals surface area contributed by atoms with Crippen molar-refractivity contribution in [2.24, 2.45) is 0 Å². The number of aromatic nitrogens is 1. The van der Waals surface area contributed by atoms with Crippen molar-refractivity contribution in [2.45, 2.75) is 40.3 Å². The van der Waals surface area contributed by atoms with Crippen molar-refractivity contribution >= 4 is 17.5 Å². The van der Waals surface area contributed by atoms with Crippen molar-refractivity contribution in [3.63, 3.8) is 0 Å². The smallest absolute Gasteiger partial charge is 0.219 e. The van der Waals surface area contributed by atoms with Gasteiger partial charge in [0.2, 0.25) is 5.91 Å². The second-order valence-corrected chi connectivity index (χ2v) is 7.02. The summed E-state index contributed by atoms with van der Waals surface area (Å²) in [6.45, 7) is 6.04. The monoisotopic (exact) mass is 380 g/mol. The lowest BCUT2D eigenvalue weighted by Crippen LogP contribution is -2.30. The van der Waals surface area contributed by atoms with E-state index in [0.29, 0.717) is 35.3 Å². The molecule has 0 atom stereocenters. The number of nitrogens with zero attached hydrogens (tertiary/aromatic N) is 2. The molecule has 1 aromatic carbocycles. The standard InChI is InChI=1S/C21H24N4O3/c1-4-18(27)23-9-16-8-15(7-12(2)20(16)28)17(26)11-25-10-14-6-5-13(3)24-19(14)21(25)22/h5-8,22,28H,4,9-11H2,1-3H3,(H,23,27). The second-order valence-electron chi connectivity index (χ2n) is 7.02. The largest absolute Gasteiger partial charge is 0.507 e. The van der Waals surface area contributed by atoms with Gasteiger partial charge in [-0.25, -0.2) is 4.98 Å². The number of carbonyl (C=O) groups excluding carboxylic acids is 2. The maximum Gasteiger partial charge on any atom is 0.219 e. The second kappa shape index (κ2) is 7.80. The van der Waals surface area contributed by atoms with Crippen LogP contribution in [-0.4, -0.2) is 39.1 Å². The summed E-state index contributed by atoms with van der Waals surface area (Å²) in [5.41, 5.74) is 3.92. The summed E-state index contributed by atoms with van der Waals surface area (Å²) in [6, 6.07) is 7.08. The van der Waals surface area contributed by atoms with Crippen LogP contribution in [0.5, 0.6) is 5.75 Å². The molecule has 0 aliphatic carbocycles. The van der Waals surface area contributed by atoms with Crippen LogP contribution in [0.1, 0.15) is 51.8 Å². The zero-order valence-corrected chi connectivity index (χ0v) is 16.3. The summed E-state index contributed by atoms with van der Waals surface area (Å²) in [5, 5.41) is 21.3. The number of fused-ring (bicyclic) bond motifs is 1. The Balaban J connectivity index is 1.77. The molecule has 1 aliphatic rings. The summed E-state index contributed by atoms with van der Waals surface area (Å²) >= 11 is 0. The average Bonchev–Trinajstić information content (AvgIpc) is 2.97. The Kier molecular flexibility index (Phi) is 5.44. The van der Waals surface area contributed by atoms with E-state index >= 15 is 0 Å². The predicted octanol–water partition coefficient (Wildman–Crippen LogP) is 2.45. The molecular formula is C21H24N4O3. The first-order chi connectivity index (χ1) is 13.3. The van der Waals surface area contributed by atoms with Crippen molar-refractivity contribution in [3.05, 3.63) is 57.9 Å². The molecular weight excluding hydrogens is 356 g/mol. The summed E-state index contributed by atoms with van der Waals surface area (Å²) < 4.78 is 0. The highest BCUT2D eigenvalue weighted by Crippen LogP contribution is 2.26. The van der Waals surface area contributed by atoms with Crippen LogP contribution >= 0.6 is 0 Å². The molecule has 28 heavy (non-hydrogen) atoms. The summed E-state index contributed by atoms with van der Waals surface area (Å²) in [4.78, 5) is 30.4. The lowest BCUT2D eigenvalue weighted by atomic mass is 10.0. The van der Waals surface area contributed by atoms with Gasteiger partial charge in [0.15, 0.2) is 5.78 Å². The summed E-state index contributed by atoms with van der Waals surface area (Å²) in [6.07, 6.45) is 0.351. The molecule has 0 radical (unpaired) electrons. The van der Waals surface area contributed by atoms with Gasteiger partial charge in [0, 0.05) is 41.9 Å². The predicted molar refractivity (Wildman–Crippen MR) is 106 cm³/mol. The van der Waals surface area contributed by atoms with Crippen molar-refractivity contribution in [1.29, 1.82) is 5.41 Å². The first kappa shape index (κ1) is 19.5. The van der Waals surface area contributed by atoms with Crippen LogP contribution in [0.3, 0.4) is 0 Å². The number of Topliss-reactive ketones (excluding diaryl/α,β-unsaturated/α-hetero) is 1. The van der Waals surface area contributed by atoms with Crippen molar-refractivity contribution < 1.29 is 14.7 Å². The SMILES string of the molecule is CCC(=O)NCc1cc(C(=O)CN2Cc3ccc(C)nc3C2=N)cc(C)c1O. The molecule has 0 fully saturated rings. The number of amidine groups is 1. The minimum Gasteiger partial charge on any atom is -0.507 e. The van der Waals surface area contributed by atoms with E-state index in [4.69, 9.17) is 5.41 Å². The van der Waals surface area contributed by atoms with Crippen molar-refractivity contribution in [3.8, 4) is 5.75 Å². The highest BCUT2D eigenvalue weighted by Gasteiger charge is 2.27. The molecule has 0 spiro atoms. The lowest BCUT2D eigenvalue weighted by Gasteiger charge is -2.17. The van der Waals surface area contributed by atoms with E-state index in [1.165, 1.54) is 0 Å². The molecule has 1 aliphatic heterocycles. The minimum absolute atomic E-state index is 0.0548. The van der Waals surface area contributed by atoms with Crippen LogP contribution < -0.4 is 5.32 Å². The van der Waals surface area contributed by atoms with Gasteiger partial charge in [-0.2, -0.15) is 0 Å². The molecule has 2 heterocycles.